The van der Waals surface area contributed by atoms with Gasteiger partial charge in [-0.25, -0.2) is 4.79 Å². The molecule has 0 saturated carbocycles. The van der Waals surface area contributed by atoms with Crippen LogP contribution in [0.15, 0.2) is 60.7 Å². The van der Waals surface area contributed by atoms with Gasteiger partial charge in [0.05, 0.1) is 0 Å². The van der Waals surface area contributed by atoms with Gasteiger partial charge in [0.15, 0.2) is 0 Å². The van der Waals surface area contributed by atoms with Crippen molar-refractivity contribution in [2.24, 2.45) is 5.92 Å². The molecule has 0 heterocycles. The maximum absolute atomic E-state index is 14.2. The van der Waals surface area contributed by atoms with Crippen LogP contribution in [0.25, 0.3) is 10.8 Å². The first-order chi connectivity index (χ1) is 18.7. The number of aromatic hydroxyl groups is 1. The number of carbonyl (C=O) groups excluding carboxylic acids is 3. The SMILES string of the molecule is Cc1cc(C(C(=O)Nc2ccc3ccccc3c2)N(C(=O)C(NC(=O)OC(C)(C)C)C(C)C)C(C)C)ccc1O. The number of fused-ring (bicyclic) bond motifs is 1. The average molecular weight is 548 g/mol. The van der Waals surface area contributed by atoms with E-state index in [1.165, 1.54) is 11.0 Å². The number of phenolic OH excluding ortho intramolecular Hbond substituents is 1. The highest BCUT2D eigenvalue weighted by molar-refractivity contribution is 6.00. The number of alkyl carbamates (subject to hydrolysis) is 1. The number of nitrogens with zero attached hydrogens (tertiary/aromatic N) is 1. The first-order valence-corrected chi connectivity index (χ1v) is 13.6. The number of hydrogen-bond donors (Lipinski definition) is 3. The van der Waals surface area contributed by atoms with Crippen LogP contribution in [0, 0.1) is 12.8 Å². The highest BCUT2D eigenvalue weighted by Crippen LogP contribution is 2.31. The molecule has 8 nitrogen and oxygen atoms in total. The number of amides is 3. The number of hydrogen-bond acceptors (Lipinski definition) is 5. The van der Waals surface area contributed by atoms with Crippen LogP contribution in [0.1, 0.15) is 65.6 Å². The second-order valence-corrected chi connectivity index (χ2v) is 11.7. The monoisotopic (exact) mass is 547 g/mol. The van der Waals surface area contributed by atoms with E-state index < -0.39 is 41.6 Å². The van der Waals surface area contributed by atoms with Gasteiger partial charge in [-0.05, 0) is 93.6 Å². The molecule has 3 amide bonds. The van der Waals surface area contributed by atoms with Crippen LogP contribution in [0.4, 0.5) is 10.5 Å². The third-order valence-electron chi connectivity index (χ3n) is 6.50. The van der Waals surface area contributed by atoms with Gasteiger partial charge >= 0.3 is 6.09 Å². The number of anilines is 1. The van der Waals surface area contributed by atoms with Crippen molar-refractivity contribution >= 4 is 34.4 Å². The molecule has 0 aliphatic rings. The van der Waals surface area contributed by atoms with Gasteiger partial charge in [-0.3, -0.25) is 9.59 Å². The molecule has 0 aliphatic carbocycles. The van der Waals surface area contributed by atoms with Crippen molar-refractivity contribution in [3.8, 4) is 5.75 Å². The standard InChI is InChI=1S/C32H41N3O5/c1-19(2)27(34-31(39)40-32(6,7)8)30(38)35(20(3)4)28(24-14-16-26(36)21(5)17-24)29(37)33-25-15-13-22-11-9-10-12-23(22)18-25/h9-20,27-28,36H,1-8H3,(H,33,37)(H,34,39). The molecule has 3 aromatic rings. The van der Waals surface area contributed by atoms with E-state index in [0.29, 0.717) is 16.8 Å². The third-order valence-corrected chi connectivity index (χ3v) is 6.50. The smallest absolute Gasteiger partial charge is 0.408 e. The van der Waals surface area contributed by atoms with Gasteiger partial charge in [-0.15, -0.1) is 0 Å². The Bertz CT molecular complexity index is 1380. The average Bonchev–Trinajstić information content (AvgIpc) is 2.85. The lowest BCUT2D eigenvalue weighted by atomic mass is 9.96. The summed E-state index contributed by atoms with van der Waals surface area (Å²) in [5, 5.41) is 17.9. The Morgan fingerprint density at radius 2 is 1.55 bits per heavy atom. The number of ether oxygens (including phenoxy) is 1. The van der Waals surface area contributed by atoms with E-state index >= 15 is 0 Å². The zero-order valence-electron chi connectivity index (χ0n) is 24.6. The summed E-state index contributed by atoms with van der Waals surface area (Å²) in [5.74, 6) is -1.03. The van der Waals surface area contributed by atoms with Crippen molar-refractivity contribution < 1.29 is 24.2 Å². The predicted molar refractivity (Wildman–Crippen MR) is 158 cm³/mol. The predicted octanol–water partition coefficient (Wildman–Crippen LogP) is 6.32. The van der Waals surface area contributed by atoms with Gasteiger partial charge in [-0.1, -0.05) is 50.2 Å². The lowest BCUT2D eigenvalue weighted by Crippen LogP contribution is -2.56. The first kappa shape index (κ1) is 30.5. The molecule has 8 heteroatoms. The number of carbonyl (C=O) groups is 3. The lowest BCUT2D eigenvalue weighted by molar-refractivity contribution is -0.143. The van der Waals surface area contributed by atoms with Crippen molar-refractivity contribution in [1.29, 1.82) is 0 Å². The topological polar surface area (TPSA) is 108 Å². The van der Waals surface area contributed by atoms with E-state index in [2.05, 4.69) is 10.6 Å². The van der Waals surface area contributed by atoms with E-state index in [-0.39, 0.29) is 11.7 Å². The molecule has 0 spiro atoms. The molecule has 2 unspecified atom stereocenters. The molecule has 3 rings (SSSR count). The van der Waals surface area contributed by atoms with Crippen molar-refractivity contribution in [1.82, 2.24) is 10.2 Å². The summed E-state index contributed by atoms with van der Waals surface area (Å²) in [6, 6.07) is 15.9. The van der Waals surface area contributed by atoms with Crippen molar-refractivity contribution in [2.75, 3.05) is 5.32 Å². The Hall–Kier alpha value is -4.07. The van der Waals surface area contributed by atoms with E-state index in [0.717, 1.165) is 10.8 Å². The van der Waals surface area contributed by atoms with Crippen LogP contribution in [0.5, 0.6) is 5.75 Å². The molecule has 0 aliphatic heterocycles. The molecule has 0 saturated heterocycles. The van der Waals surface area contributed by atoms with Gasteiger partial charge in [0.2, 0.25) is 5.91 Å². The van der Waals surface area contributed by atoms with E-state index in [9.17, 15) is 19.5 Å². The minimum atomic E-state index is -1.04. The number of phenols is 1. The molecule has 3 N–H and O–H groups in total. The third kappa shape index (κ3) is 7.52. The fraction of sp³-hybridized carbons (Fsp3) is 0.406. The normalized spacial score (nSPS) is 13.2. The van der Waals surface area contributed by atoms with Crippen LogP contribution >= 0.6 is 0 Å². The summed E-state index contributed by atoms with van der Waals surface area (Å²) >= 11 is 0. The van der Waals surface area contributed by atoms with Crippen LogP contribution in [-0.2, 0) is 14.3 Å². The largest absolute Gasteiger partial charge is 0.508 e. The van der Waals surface area contributed by atoms with Crippen LogP contribution in [0.3, 0.4) is 0 Å². The van der Waals surface area contributed by atoms with Crippen LogP contribution in [0.2, 0.25) is 0 Å². The Balaban J connectivity index is 2.04. The minimum absolute atomic E-state index is 0.0894. The van der Waals surface area contributed by atoms with Gasteiger partial charge in [0.1, 0.15) is 23.4 Å². The molecule has 0 bridgehead atoms. The summed E-state index contributed by atoms with van der Waals surface area (Å²) < 4.78 is 5.42. The van der Waals surface area contributed by atoms with Gasteiger partial charge in [-0.2, -0.15) is 0 Å². The molecule has 0 fully saturated rings. The molecule has 0 radical (unpaired) electrons. The molecule has 40 heavy (non-hydrogen) atoms. The van der Waals surface area contributed by atoms with Crippen molar-refractivity contribution in [3.05, 3.63) is 71.8 Å². The summed E-state index contributed by atoms with van der Waals surface area (Å²) in [6.07, 6.45) is -0.708. The lowest BCUT2D eigenvalue weighted by Gasteiger charge is -2.38. The molecule has 3 aromatic carbocycles. The van der Waals surface area contributed by atoms with E-state index in [1.807, 2.05) is 70.2 Å². The number of rotatable bonds is 8. The molecular weight excluding hydrogens is 506 g/mol. The summed E-state index contributed by atoms with van der Waals surface area (Å²) in [6.45, 7) is 14.3. The number of aryl methyl sites for hydroxylation is 1. The highest BCUT2D eigenvalue weighted by Gasteiger charge is 2.39. The first-order valence-electron chi connectivity index (χ1n) is 13.6. The maximum atomic E-state index is 14.2. The molecular formula is C32H41N3O5. The van der Waals surface area contributed by atoms with Gasteiger partial charge in [0.25, 0.3) is 5.91 Å². The second kappa shape index (κ2) is 12.4. The summed E-state index contributed by atoms with van der Waals surface area (Å²) in [7, 11) is 0. The molecule has 214 valence electrons. The Labute approximate surface area is 236 Å². The van der Waals surface area contributed by atoms with Gasteiger partial charge < -0.3 is 25.4 Å². The van der Waals surface area contributed by atoms with Crippen molar-refractivity contribution in [2.45, 2.75) is 79.1 Å². The second-order valence-electron chi connectivity index (χ2n) is 11.7. The van der Waals surface area contributed by atoms with Gasteiger partial charge in [0, 0.05) is 11.7 Å². The van der Waals surface area contributed by atoms with E-state index in [1.54, 1.807) is 39.8 Å². The van der Waals surface area contributed by atoms with Crippen LogP contribution < -0.4 is 10.6 Å². The Morgan fingerprint density at radius 3 is 2.12 bits per heavy atom. The number of nitrogens with one attached hydrogen (secondary N) is 2. The zero-order valence-corrected chi connectivity index (χ0v) is 24.6. The Morgan fingerprint density at radius 1 is 0.900 bits per heavy atom. The maximum Gasteiger partial charge on any atom is 0.408 e. The number of benzene rings is 3. The summed E-state index contributed by atoms with van der Waals surface area (Å²) in [4.78, 5) is 42.3. The fourth-order valence-corrected chi connectivity index (χ4v) is 4.55. The van der Waals surface area contributed by atoms with E-state index in [4.69, 9.17) is 4.74 Å². The minimum Gasteiger partial charge on any atom is -0.508 e. The van der Waals surface area contributed by atoms with Crippen molar-refractivity contribution in [3.63, 3.8) is 0 Å². The summed E-state index contributed by atoms with van der Waals surface area (Å²) in [5.41, 5.74) is 0.964. The highest BCUT2D eigenvalue weighted by atomic mass is 16.6. The van der Waals surface area contributed by atoms with Crippen LogP contribution in [-0.4, -0.2) is 45.6 Å². The zero-order chi connectivity index (χ0) is 29.8. The molecule has 0 aromatic heterocycles. The quantitative estimate of drug-likeness (QED) is 0.306. The Kier molecular flexibility index (Phi) is 9.45. The fourth-order valence-electron chi connectivity index (χ4n) is 4.55. The molecule has 2 atom stereocenters.